The summed E-state index contributed by atoms with van der Waals surface area (Å²) in [7, 11) is 0. The number of amides is 1. The Morgan fingerprint density at radius 3 is 2.38 bits per heavy atom. The summed E-state index contributed by atoms with van der Waals surface area (Å²) in [6, 6.07) is 18.3. The molecular weight excluding hydrogens is 362 g/mol. The minimum atomic E-state index is -0.459. The molecule has 0 radical (unpaired) electrons. The highest BCUT2D eigenvalue weighted by Crippen LogP contribution is 2.49. The van der Waals surface area contributed by atoms with Gasteiger partial charge in [-0.25, -0.2) is 0 Å². The van der Waals surface area contributed by atoms with Gasteiger partial charge in [-0.15, -0.1) is 0 Å². The maximum atomic E-state index is 13.4. The Balaban J connectivity index is 1.49. The van der Waals surface area contributed by atoms with Crippen LogP contribution in [0.2, 0.25) is 0 Å². The minimum Gasteiger partial charge on any atom is -0.342 e. The smallest absolute Gasteiger partial charge is 0.251 e. The van der Waals surface area contributed by atoms with E-state index in [2.05, 4.69) is 28.8 Å². The van der Waals surface area contributed by atoms with E-state index < -0.39 is 6.04 Å². The molecule has 2 N–H and O–H groups in total. The number of nitrogens with zero attached hydrogens (tertiary/aromatic N) is 1. The second-order valence-electron chi connectivity index (χ2n) is 7.99. The van der Waals surface area contributed by atoms with Crippen LogP contribution in [0.15, 0.2) is 54.6 Å². The van der Waals surface area contributed by atoms with Crippen molar-refractivity contribution in [2.45, 2.75) is 31.2 Å². The predicted molar refractivity (Wildman–Crippen MR) is 110 cm³/mol. The van der Waals surface area contributed by atoms with Gasteiger partial charge >= 0.3 is 0 Å². The van der Waals surface area contributed by atoms with Crippen LogP contribution in [0.25, 0.3) is 0 Å². The molecule has 1 aliphatic heterocycles. The zero-order valence-electron chi connectivity index (χ0n) is 16.3. The van der Waals surface area contributed by atoms with Gasteiger partial charge in [-0.05, 0) is 74.0 Å². The molecule has 0 bridgehead atoms. The van der Waals surface area contributed by atoms with Gasteiger partial charge in [0.05, 0.1) is 17.7 Å². The molecule has 0 spiro atoms. The lowest BCUT2D eigenvalue weighted by molar-refractivity contribution is -0.123. The van der Waals surface area contributed by atoms with Gasteiger partial charge in [-0.3, -0.25) is 9.59 Å². The Kier molecular flexibility index (Phi) is 5.73. The molecule has 29 heavy (non-hydrogen) atoms. The lowest BCUT2D eigenvalue weighted by atomic mass is 9.85. The van der Waals surface area contributed by atoms with Gasteiger partial charge in [-0.1, -0.05) is 30.3 Å². The largest absolute Gasteiger partial charge is 0.342 e. The van der Waals surface area contributed by atoms with Crippen molar-refractivity contribution in [3.8, 4) is 6.07 Å². The molecule has 1 heterocycles. The van der Waals surface area contributed by atoms with Gasteiger partial charge < -0.3 is 10.6 Å². The molecular formula is C24H25N3O2. The molecule has 0 aromatic heterocycles. The first-order valence-corrected chi connectivity index (χ1v) is 10.3. The third-order valence-corrected chi connectivity index (χ3v) is 6.11. The zero-order chi connectivity index (χ0) is 20.2. The average molecular weight is 387 g/mol. The van der Waals surface area contributed by atoms with E-state index in [0.717, 1.165) is 32.4 Å². The van der Waals surface area contributed by atoms with Gasteiger partial charge in [0, 0.05) is 11.5 Å². The van der Waals surface area contributed by atoms with E-state index in [0.29, 0.717) is 11.1 Å². The maximum absolute atomic E-state index is 13.4. The number of carbonyl (C=O) groups is 2. The Morgan fingerprint density at radius 2 is 1.72 bits per heavy atom. The van der Waals surface area contributed by atoms with E-state index in [1.54, 1.807) is 24.3 Å². The van der Waals surface area contributed by atoms with Crippen molar-refractivity contribution in [3.05, 3.63) is 71.3 Å². The topological polar surface area (TPSA) is 82.0 Å². The summed E-state index contributed by atoms with van der Waals surface area (Å²) in [5, 5.41) is 15.3. The van der Waals surface area contributed by atoms with Crippen LogP contribution in [0.5, 0.6) is 0 Å². The number of hydrogen-bond donors (Lipinski definition) is 2. The third kappa shape index (κ3) is 4.38. The highest BCUT2D eigenvalue weighted by atomic mass is 16.2. The standard InChI is InChI=1S/C24H25N3O2/c25-15-16-6-8-19(9-7-16)24(29)27-22(18-10-12-26-13-11-18)23(28)21-14-20(21)17-4-2-1-3-5-17/h1-9,18,20-22,26H,10-14H2,(H,27,29). The first kappa shape index (κ1) is 19.4. The van der Waals surface area contributed by atoms with Crippen molar-refractivity contribution in [1.29, 1.82) is 5.26 Å². The summed E-state index contributed by atoms with van der Waals surface area (Å²) in [6.45, 7) is 1.74. The molecule has 1 saturated carbocycles. The van der Waals surface area contributed by atoms with Crippen LogP contribution >= 0.6 is 0 Å². The number of benzene rings is 2. The van der Waals surface area contributed by atoms with E-state index in [-0.39, 0.29) is 29.4 Å². The van der Waals surface area contributed by atoms with Crippen molar-refractivity contribution < 1.29 is 9.59 Å². The summed E-state index contributed by atoms with van der Waals surface area (Å²) in [6.07, 6.45) is 2.62. The summed E-state index contributed by atoms with van der Waals surface area (Å²) in [4.78, 5) is 26.2. The van der Waals surface area contributed by atoms with E-state index in [1.807, 2.05) is 18.2 Å². The van der Waals surface area contributed by atoms with Crippen LogP contribution in [0, 0.1) is 23.2 Å². The average Bonchev–Trinajstić information content (AvgIpc) is 3.59. The molecule has 3 unspecified atom stereocenters. The summed E-state index contributed by atoms with van der Waals surface area (Å²) >= 11 is 0. The van der Waals surface area contributed by atoms with Crippen LogP contribution in [-0.4, -0.2) is 30.8 Å². The zero-order valence-corrected chi connectivity index (χ0v) is 16.3. The van der Waals surface area contributed by atoms with E-state index in [1.165, 1.54) is 5.56 Å². The van der Waals surface area contributed by atoms with Crippen molar-refractivity contribution in [2.24, 2.45) is 11.8 Å². The third-order valence-electron chi connectivity index (χ3n) is 6.11. The normalized spacial score (nSPS) is 22.3. The molecule has 4 rings (SSSR count). The van der Waals surface area contributed by atoms with Gasteiger partial charge in [0.15, 0.2) is 5.78 Å². The van der Waals surface area contributed by atoms with Gasteiger partial charge in [0.1, 0.15) is 0 Å². The quantitative estimate of drug-likeness (QED) is 0.798. The van der Waals surface area contributed by atoms with Crippen LogP contribution < -0.4 is 10.6 Å². The van der Waals surface area contributed by atoms with E-state index in [4.69, 9.17) is 5.26 Å². The molecule has 2 aromatic rings. The fraction of sp³-hybridized carbons (Fsp3) is 0.375. The van der Waals surface area contributed by atoms with Gasteiger partial charge in [-0.2, -0.15) is 5.26 Å². The Labute approximate surface area is 171 Å². The molecule has 148 valence electrons. The fourth-order valence-corrected chi connectivity index (χ4v) is 4.33. The predicted octanol–water partition coefficient (Wildman–Crippen LogP) is 3.03. The monoisotopic (exact) mass is 387 g/mol. The first-order valence-electron chi connectivity index (χ1n) is 10.3. The SMILES string of the molecule is N#Cc1ccc(C(=O)NC(C(=O)C2CC2c2ccccc2)C2CCNCC2)cc1. The molecule has 5 nitrogen and oxygen atoms in total. The molecule has 5 heteroatoms. The fourth-order valence-electron chi connectivity index (χ4n) is 4.33. The molecule has 1 aliphatic carbocycles. The van der Waals surface area contributed by atoms with Crippen LogP contribution in [-0.2, 0) is 4.79 Å². The Bertz CT molecular complexity index is 911. The lowest BCUT2D eigenvalue weighted by Crippen LogP contribution is -2.49. The van der Waals surface area contributed by atoms with Crippen molar-refractivity contribution in [2.75, 3.05) is 13.1 Å². The second-order valence-corrected chi connectivity index (χ2v) is 7.99. The van der Waals surface area contributed by atoms with Crippen LogP contribution in [0.3, 0.4) is 0 Å². The number of rotatable bonds is 6. The van der Waals surface area contributed by atoms with Crippen molar-refractivity contribution in [3.63, 3.8) is 0 Å². The number of hydrogen-bond acceptors (Lipinski definition) is 4. The van der Waals surface area contributed by atoms with Gasteiger partial charge in [0.25, 0.3) is 5.91 Å². The number of piperidine rings is 1. The number of Topliss-reactive ketones (excluding diaryl/α,β-unsaturated/α-hetero) is 1. The molecule has 2 aliphatic rings. The second kappa shape index (κ2) is 8.59. The molecule has 1 amide bonds. The van der Waals surface area contributed by atoms with Crippen molar-refractivity contribution in [1.82, 2.24) is 10.6 Å². The molecule has 2 fully saturated rings. The molecule has 2 aromatic carbocycles. The number of ketones is 1. The Hall–Kier alpha value is -2.97. The minimum absolute atomic E-state index is 0.0152. The maximum Gasteiger partial charge on any atom is 0.251 e. The highest BCUT2D eigenvalue weighted by molar-refractivity contribution is 5.99. The number of carbonyl (C=O) groups excluding carboxylic acids is 2. The van der Waals surface area contributed by atoms with Crippen molar-refractivity contribution >= 4 is 11.7 Å². The summed E-state index contributed by atoms with van der Waals surface area (Å²) in [5.74, 6) is 0.317. The van der Waals surface area contributed by atoms with E-state index >= 15 is 0 Å². The number of nitriles is 1. The molecule has 3 atom stereocenters. The Morgan fingerprint density at radius 1 is 1.03 bits per heavy atom. The first-order chi connectivity index (χ1) is 14.2. The highest BCUT2D eigenvalue weighted by Gasteiger charge is 2.47. The molecule has 1 saturated heterocycles. The van der Waals surface area contributed by atoms with Crippen LogP contribution in [0.1, 0.15) is 46.7 Å². The van der Waals surface area contributed by atoms with E-state index in [9.17, 15) is 9.59 Å². The summed E-state index contributed by atoms with van der Waals surface area (Å²) < 4.78 is 0. The summed E-state index contributed by atoms with van der Waals surface area (Å²) in [5.41, 5.74) is 2.19. The van der Waals surface area contributed by atoms with Crippen LogP contribution in [0.4, 0.5) is 0 Å². The lowest BCUT2D eigenvalue weighted by Gasteiger charge is -2.30. The number of nitrogens with one attached hydrogen (secondary N) is 2. The van der Waals surface area contributed by atoms with Gasteiger partial charge in [0.2, 0.25) is 0 Å².